The van der Waals surface area contributed by atoms with Gasteiger partial charge in [0, 0.05) is 20.3 Å². The van der Waals surface area contributed by atoms with Crippen molar-refractivity contribution in [1.29, 1.82) is 0 Å². The number of esters is 2. The van der Waals surface area contributed by atoms with E-state index < -0.39 is 42.7 Å². The van der Waals surface area contributed by atoms with Crippen molar-refractivity contribution in [1.82, 2.24) is 0 Å². The molecule has 3 unspecified atom stereocenters. The standard InChI is InChI=1S/C20H34O10/c1-12(2)25-19(23)29-15(6)27-17(21)11-9-8-10-14(5)18(22)28-16(7)30-20(24)26-13(3)4/h12-16H,8-11H2,1-7H3. The maximum Gasteiger partial charge on any atom is 0.511 e. The second-order valence-corrected chi connectivity index (χ2v) is 7.28. The van der Waals surface area contributed by atoms with Crippen LogP contribution in [0.4, 0.5) is 9.59 Å². The highest BCUT2D eigenvalue weighted by Crippen LogP contribution is 2.14. The van der Waals surface area contributed by atoms with Gasteiger partial charge in [-0.15, -0.1) is 0 Å². The van der Waals surface area contributed by atoms with Crippen LogP contribution in [0, 0.1) is 5.92 Å². The third-order valence-corrected chi connectivity index (χ3v) is 3.44. The minimum absolute atomic E-state index is 0.106. The highest BCUT2D eigenvalue weighted by molar-refractivity contribution is 5.72. The van der Waals surface area contributed by atoms with Crippen LogP contribution < -0.4 is 0 Å². The first-order valence-electron chi connectivity index (χ1n) is 10.0. The minimum atomic E-state index is -1.06. The molecule has 10 heteroatoms. The molecular formula is C20H34O10. The van der Waals surface area contributed by atoms with Crippen molar-refractivity contribution < 1.29 is 47.6 Å². The van der Waals surface area contributed by atoms with Crippen molar-refractivity contribution >= 4 is 24.2 Å². The fraction of sp³-hybridized carbons (Fsp3) is 0.800. The lowest BCUT2D eigenvalue weighted by molar-refractivity contribution is -0.173. The summed E-state index contributed by atoms with van der Waals surface area (Å²) in [5.41, 5.74) is 0. The third-order valence-electron chi connectivity index (χ3n) is 3.44. The van der Waals surface area contributed by atoms with E-state index in [4.69, 9.17) is 28.4 Å². The van der Waals surface area contributed by atoms with Crippen molar-refractivity contribution in [3.05, 3.63) is 0 Å². The van der Waals surface area contributed by atoms with Gasteiger partial charge in [0.1, 0.15) is 0 Å². The van der Waals surface area contributed by atoms with Crippen LogP contribution in [-0.4, -0.2) is 49.0 Å². The molecule has 10 nitrogen and oxygen atoms in total. The van der Waals surface area contributed by atoms with E-state index >= 15 is 0 Å². The molecule has 174 valence electrons. The molecule has 0 saturated carbocycles. The Hall–Kier alpha value is -2.52. The third kappa shape index (κ3) is 14.5. The molecule has 0 radical (unpaired) electrons. The maximum atomic E-state index is 12.0. The molecule has 0 aromatic heterocycles. The fourth-order valence-electron chi connectivity index (χ4n) is 2.12. The monoisotopic (exact) mass is 434 g/mol. The smallest absolute Gasteiger partial charge is 0.431 e. The van der Waals surface area contributed by atoms with Gasteiger partial charge in [-0.25, -0.2) is 9.59 Å². The van der Waals surface area contributed by atoms with Crippen LogP contribution in [0.15, 0.2) is 0 Å². The number of hydrogen-bond donors (Lipinski definition) is 0. The van der Waals surface area contributed by atoms with E-state index in [0.717, 1.165) is 0 Å². The van der Waals surface area contributed by atoms with Crippen LogP contribution in [0.1, 0.15) is 74.1 Å². The Morgan fingerprint density at radius 3 is 1.53 bits per heavy atom. The van der Waals surface area contributed by atoms with Gasteiger partial charge in [-0.1, -0.05) is 13.3 Å². The molecule has 0 aromatic carbocycles. The Labute approximate surface area is 177 Å². The molecule has 0 rings (SSSR count). The summed E-state index contributed by atoms with van der Waals surface area (Å²) in [5.74, 6) is -1.49. The van der Waals surface area contributed by atoms with Crippen LogP contribution >= 0.6 is 0 Å². The largest absolute Gasteiger partial charge is 0.511 e. The molecule has 0 spiro atoms. The van der Waals surface area contributed by atoms with Gasteiger partial charge >= 0.3 is 24.2 Å². The number of carbonyl (C=O) groups excluding carboxylic acids is 4. The molecule has 0 N–H and O–H groups in total. The van der Waals surface area contributed by atoms with Crippen LogP contribution in [-0.2, 0) is 38.0 Å². The highest BCUT2D eigenvalue weighted by atomic mass is 16.8. The van der Waals surface area contributed by atoms with E-state index in [9.17, 15) is 19.2 Å². The predicted octanol–water partition coefficient (Wildman–Crippen LogP) is 4.08. The molecule has 30 heavy (non-hydrogen) atoms. The summed E-state index contributed by atoms with van der Waals surface area (Å²) in [5, 5.41) is 0. The first-order valence-corrected chi connectivity index (χ1v) is 10.0. The van der Waals surface area contributed by atoms with E-state index in [1.54, 1.807) is 34.6 Å². The summed E-state index contributed by atoms with van der Waals surface area (Å²) in [6, 6.07) is 0. The molecule has 0 amide bonds. The van der Waals surface area contributed by atoms with Crippen LogP contribution in [0.3, 0.4) is 0 Å². The Morgan fingerprint density at radius 2 is 1.07 bits per heavy atom. The molecular weight excluding hydrogens is 400 g/mol. The topological polar surface area (TPSA) is 124 Å². The first kappa shape index (κ1) is 27.5. The van der Waals surface area contributed by atoms with Gasteiger partial charge in [-0.3, -0.25) is 9.59 Å². The van der Waals surface area contributed by atoms with Crippen molar-refractivity contribution in [2.24, 2.45) is 5.92 Å². The summed E-state index contributed by atoms with van der Waals surface area (Å²) in [4.78, 5) is 46.4. The van der Waals surface area contributed by atoms with Crippen molar-refractivity contribution in [2.75, 3.05) is 0 Å². The number of hydrogen-bond acceptors (Lipinski definition) is 10. The molecule has 0 fully saturated rings. The Morgan fingerprint density at radius 1 is 0.600 bits per heavy atom. The van der Waals surface area contributed by atoms with E-state index in [1.165, 1.54) is 13.8 Å². The Kier molecular flexibility index (Phi) is 13.2. The summed E-state index contributed by atoms with van der Waals surface area (Å²) in [6.07, 6.45) is -2.98. The predicted molar refractivity (Wildman–Crippen MR) is 104 cm³/mol. The van der Waals surface area contributed by atoms with Crippen LogP contribution in [0.2, 0.25) is 0 Å². The number of carbonyl (C=O) groups is 4. The van der Waals surface area contributed by atoms with Crippen LogP contribution in [0.25, 0.3) is 0 Å². The zero-order valence-corrected chi connectivity index (χ0v) is 18.8. The van der Waals surface area contributed by atoms with Gasteiger partial charge in [0.25, 0.3) is 0 Å². The van der Waals surface area contributed by atoms with E-state index in [1.807, 2.05) is 0 Å². The second kappa shape index (κ2) is 14.5. The van der Waals surface area contributed by atoms with Gasteiger partial charge in [-0.05, 0) is 40.5 Å². The van der Waals surface area contributed by atoms with E-state index in [-0.39, 0.29) is 18.6 Å². The van der Waals surface area contributed by atoms with Gasteiger partial charge in [0.2, 0.25) is 12.6 Å². The molecule has 0 aliphatic heterocycles. The van der Waals surface area contributed by atoms with Gasteiger partial charge in [0.05, 0.1) is 18.1 Å². The summed E-state index contributed by atoms with van der Waals surface area (Å²) in [6.45, 7) is 11.2. The number of ether oxygens (including phenoxy) is 6. The minimum Gasteiger partial charge on any atom is -0.431 e. The Bertz CT molecular complexity index is 558. The second-order valence-electron chi connectivity index (χ2n) is 7.28. The normalized spacial score (nSPS) is 13.8. The van der Waals surface area contributed by atoms with E-state index in [2.05, 4.69) is 0 Å². The van der Waals surface area contributed by atoms with Crippen molar-refractivity contribution in [2.45, 2.75) is 98.9 Å². The zero-order valence-electron chi connectivity index (χ0n) is 18.8. The van der Waals surface area contributed by atoms with Crippen molar-refractivity contribution in [3.63, 3.8) is 0 Å². The molecule has 3 atom stereocenters. The zero-order chi connectivity index (χ0) is 23.3. The number of rotatable bonds is 12. The lowest BCUT2D eigenvalue weighted by atomic mass is 10.0. The summed E-state index contributed by atoms with van der Waals surface area (Å²) in [7, 11) is 0. The van der Waals surface area contributed by atoms with Crippen LogP contribution in [0.5, 0.6) is 0 Å². The molecule has 0 aliphatic rings. The molecule has 0 aliphatic carbocycles. The van der Waals surface area contributed by atoms with E-state index in [0.29, 0.717) is 19.3 Å². The Balaban J connectivity index is 4.02. The maximum absolute atomic E-state index is 12.0. The van der Waals surface area contributed by atoms with Gasteiger partial charge in [-0.2, -0.15) is 0 Å². The quantitative estimate of drug-likeness (QED) is 0.192. The molecule has 0 aromatic rings. The average molecular weight is 434 g/mol. The lowest BCUT2D eigenvalue weighted by Crippen LogP contribution is -2.26. The fourth-order valence-corrected chi connectivity index (χ4v) is 2.12. The van der Waals surface area contributed by atoms with Gasteiger partial charge < -0.3 is 28.4 Å². The van der Waals surface area contributed by atoms with Gasteiger partial charge in [0.15, 0.2) is 0 Å². The summed E-state index contributed by atoms with van der Waals surface area (Å²) < 4.78 is 29.2. The lowest BCUT2D eigenvalue weighted by Gasteiger charge is -2.17. The molecule has 0 heterocycles. The highest BCUT2D eigenvalue weighted by Gasteiger charge is 2.21. The van der Waals surface area contributed by atoms with Crippen molar-refractivity contribution in [3.8, 4) is 0 Å². The first-order chi connectivity index (χ1) is 13.9. The SMILES string of the molecule is CC(C)OC(=O)OC(C)OC(=O)CCCCC(C)C(=O)OC(C)OC(=O)OC(C)C. The summed E-state index contributed by atoms with van der Waals surface area (Å²) >= 11 is 0. The average Bonchev–Trinajstić information content (AvgIpc) is 2.56. The number of unbranched alkanes of at least 4 members (excludes halogenated alkanes) is 1. The molecule has 0 bridgehead atoms. The molecule has 0 saturated heterocycles.